The summed E-state index contributed by atoms with van der Waals surface area (Å²) in [7, 11) is 0. The molecule has 6 heteroatoms. The van der Waals surface area contributed by atoms with Gasteiger partial charge in [-0.15, -0.1) is 0 Å². The fraction of sp³-hybridized carbons (Fsp3) is 0.600. The third kappa shape index (κ3) is 5.69. The lowest BCUT2D eigenvalue weighted by atomic mass is 10.0. The molecule has 2 unspecified atom stereocenters. The van der Waals surface area contributed by atoms with E-state index in [2.05, 4.69) is 10.3 Å². The van der Waals surface area contributed by atoms with Crippen molar-refractivity contribution in [1.82, 2.24) is 10.3 Å². The van der Waals surface area contributed by atoms with Crippen molar-refractivity contribution < 1.29 is 19.7 Å². The van der Waals surface area contributed by atoms with Crippen LogP contribution in [0, 0.1) is 13.8 Å². The first kappa shape index (κ1) is 17.4. The number of carbonyl (C=O) groups excluding carboxylic acids is 1. The van der Waals surface area contributed by atoms with Crippen LogP contribution in [0.15, 0.2) is 12.1 Å². The van der Waals surface area contributed by atoms with Gasteiger partial charge in [0.25, 0.3) is 0 Å². The predicted molar refractivity (Wildman–Crippen MR) is 78.9 cm³/mol. The summed E-state index contributed by atoms with van der Waals surface area (Å²) in [6, 6.07) is 3.48. The number of aromatic nitrogens is 1. The van der Waals surface area contributed by atoms with Gasteiger partial charge in [0.15, 0.2) is 0 Å². The van der Waals surface area contributed by atoms with Crippen LogP contribution in [-0.4, -0.2) is 39.5 Å². The van der Waals surface area contributed by atoms with E-state index in [1.807, 2.05) is 6.92 Å². The van der Waals surface area contributed by atoms with Crippen LogP contribution in [0.5, 0.6) is 0 Å². The summed E-state index contributed by atoms with van der Waals surface area (Å²) in [6.07, 6.45) is -2.89. The van der Waals surface area contributed by atoms with Crippen LogP contribution >= 0.6 is 0 Å². The Morgan fingerprint density at radius 3 is 2.48 bits per heavy atom. The van der Waals surface area contributed by atoms with Crippen molar-refractivity contribution in [1.29, 1.82) is 0 Å². The Morgan fingerprint density at radius 1 is 1.33 bits per heavy atom. The normalized spacial score (nSPS) is 14.4. The van der Waals surface area contributed by atoms with Gasteiger partial charge in [0.05, 0.1) is 0 Å². The van der Waals surface area contributed by atoms with E-state index in [0.29, 0.717) is 11.3 Å². The lowest BCUT2D eigenvalue weighted by Gasteiger charge is -2.22. The molecule has 0 bridgehead atoms. The Bertz CT molecular complexity index is 497. The lowest BCUT2D eigenvalue weighted by molar-refractivity contribution is 0.0124. The molecule has 3 N–H and O–H groups in total. The summed E-state index contributed by atoms with van der Waals surface area (Å²) in [6.45, 7) is 8.75. The van der Waals surface area contributed by atoms with E-state index >= 15 is 0 Å². The average molecular weight is 296 g/mol. The van der Waals surface area contributed by atoms with Gasteiger partial charge in [0, 0.05) is 23.5 Å². The van der Waals surface area contributed by atoms with Crippen LogP contribution in [0.4, 0.5) is 4.79 Å². The number of pyridine rings is 1. The summed E-state index contributed by atoms with van der Waals surface area (Å²) in [5, 5.41) is 22.5. The highest BCUT2D eigenvalue weighted by molar-refractivity contribution is 5.67. The van der Waals surface area contributed by atoms with Crippen LogP contribution in [0.1, 0.15) is 43.8 Å². The first-order chi connectivity index (χ1) is 9.60. The third-order valence-corrected chi connectivity index (χ3v) is 2.80. The fourth-order valence-corrected chi connectivity index (χ4v) is 1.83. The minimum absolute atomic E-state index is 0.108. The monoisotopic (exact) mass is 296 g/mol. The molecule has 0 radical (unpaired) electrons. The molecular weight excluding hydrogens is 272 g/mol. The minimum atomic E-state index is -1.14. The van der Waals surface area contributed by atoms with Gasteiger partial charge >= 0.3 is 6.09 Å². The van der Waals surface area contributed by atoms with Crippen molar-refractivity contribution in [3.05, 3.63) is 29.1 Å². The molecule has 1 heterocycles. The molecule has 0 aliphatic carbocycles. The molecule has 21 heavy (non-hydrogen) atoms. The third-order valence-electron chi connectivity index (χ3n) is 2.80. The molecule has 0 saturated carbocycles. The number of rotatable bonds is 4. The zero-order chi connectivity index (χ0) is 16.2. The summed E-state index contributed by atoms with van der Waals surface area (Å²) in [5.41, 5.74) is 1.42. The summed E-state index contributed by atoms with van der Waals surface area (Å²) in [4.78, 5) is 15.7. The molecule has 0 aliphatic heterocycles. The summed E-state index contributed by atoms with van der Waals surface area (Å²) >= 11 is 0. The van der Waals surface area contributed by atoms with Crippen molar-refractivity contribution in [3.8, 4) is 0 Å². The van der Waals surface area contributed by atoms with E-state index in [0.717, 1.165) is 5.69 Å². The minimum Gasteiger partial charge on any atom is -0.444 e. The van der Waals surface area contributed by atoms with Crippen molar-refractivity contribution in [2.75, 3.05) is 6.54 Å². The molecule has 0 saturated heterocycles. The SMILES string of the molecule is Cc1ccc(C(O)C(O)CNC(=O)OC(C)(C)C)c(C)n1. The van der Waals surface area contributed by atoms with Crippen LogP contribution < -0.4 is 5.32 Å². The Morgan fingerprint density at radius 2 is 1.95 bits per heavy atom. The number of nitrogens with zero attached hydrogens (tertiary/aromatic N) is 1. The quantitative estimate of drug-likeness (QED) is 0.785. The predicted octanol–water partition coefficient (Wildman–Crippen LogP) is 1.62. The number of aryl methyl sites for hydroxylation is 2. The maximum absolute atomic E-state index is 11.5. The Labute approximate surface area is 125 Å². The topological polar surface area (TPSA) is 91.7 Å². The number of nitrogens with one attached hydrogen (secondary N) is 1. The molecule has 0 spiro atoms. The summed E-state index contributed by atoms with van der Waals surface area (Å²) < 4.78 is 5.06. The zero-order valence-corrected chi connectivity index (χ0v) is 13.2. The highest BCUT2D eigenvalue weighted by atomic mass is 16.6. The molecule has 1 rings (SSSR count). The van der Waals surface area contributed by atoms with Gasteiger partial charge < -0.3 is 20.3 Å². The number of aliphatic hydroxyl groups excluding tert-OH is 2. The second kappa shape index (κ2) is 6.87. The van der Waals surface area contributed by atoms with Gasteiger partial charge in [-0.1, -0.05) is 6.07 Å². The van der Waals surface area contributed by atoms with Crippen molar-refractivity contribution in [2.24, 2.45) is 0 Å². The van der Waals surface area contributed by atoms with Crippen LogP contribution in [0.3, 0.4) is 0 Å². The van der Waals surface area contributed by atoms with E-state index in [1.54, 1.807) is 39.8 Å². The highest BCUT2D eigenvalue weighted by Gasteiger charge is 2.22. The average Bonchev–Trinajstić information content (AvgIpc) is 2.33. The van der Waals surface area contributed by atoms with Gasteiger partial charge in [-0.3, -0.25) is 4.98 Å². The van der Waals surface area contributed by atoms with E-state index in [1.165, 1.54) is 0 Å². The maximum atomic E-state index is 11.5. The smallest absolute Gasteiger partial charge is 0.407 e. The summed E-state index contributed by atoms with van der Waals surface area (Å²) in [5.74, 6) is 0. The van der Waals surface area contributed by atoms with Gasteiger partial charge in [-0.2, -0.15) is 0 Å². The van der Waals surface area contributed by atoms with E-state index in [4.69, 9.17) is 4.74 Å². The largest absolute Gasteiger partial charge is 0.444 e. The number of ether oxygens (including phenoxy) is 1. The van der Waals surface area contributed by atoms with Gasteiger partial charge in [-0.05, 0) is 40.7 Å². The Kier molecular flexibility index (Phi) is 5.69. The molecule has 0 aromatic carbocycles. The molecular formula is C15H24N2O4. The molecule has 6 nitrogen and oxygen atoms in total. The zero-order valence-electron chi connectivity index (χ0n) is 13.2. The van der Waals surface area contributed by atoms with Crippen LogP contribution in [0.2, 0.25) is 0 Å². The van der Waals surface area contributed by atoms with Gasteiger partial charge in [-0.25, -0.2) is 4.79 Å². The second-order valence-electron chi connectivity index (χ2n) is 6.02. The molecule has 0 fully saturated rings. The first-order valence-electron chi connectivity index (χ1n) is 6.87. The molecule has 118 valence electrons. The molecule has 1 amide bonds. The van der Waals surface area contributed by atoms with E-state index in [-0.39, 0.29) is 6.54 Å². The van der Waals surface area contributed by atoms with Crippen LogP contribution in [-0.2, 0) is 4.74 Å². The van der Waals surface area contributed by atoms with Gasteiger partial charge in [0.1, 0.15) is 17.8 Å². The van der Waals surface area contributed by atoms with Crippen molar-refractivity contribution in [2.45, 2.75) is 52.4 Å². The molecule has 1 aromatic heterocycles. The first-order valence-corrected chi connectivity index (χ1v) is 6.87. The number of amides is 1. The molecule has 0 aliphatic rings. The Hall–Kier alpha value is -1.66. The van der Waals surface area contributed by atoms with E-state index < -0.39 is 23.9 Å². The number of carbonyl (C=O) groups is 1. The van der Waals surface area contributed by atoms with Crippen molar-refractivity contribution >= 4 is 6.09 Å². The standard InChI is InChI=1S/C15H24N2O4/c1-9-6-7-11(10(2)17-9)13(19)12(18)8-16-14(20)21-15(3,4)5/h6-7,12-13,18-19H,8H2,1-5H3,(H,16,20). The number of aliphatic hydroxyl groups is 2. The fourth-order valence-electron chi connectivity index (χ4n) is 1.83. The molecule has 1 aromatic rings. The van der Waals surface area contributed by atoms with E-state index in [9.17, 15) is 15.0 Å². The van der Waals surface area contributed by atoms with Crippen LogP contribution in [0.25, 0.3) is 0 Å². The number of alkyl carbamates (subject to hydrolysis) is 1. The number of hydrogen-bond donors (Lipinski definition) is 3. The molecule has 2 atom stereocenters. The lowest BCUT2D eigenvalue weighted by Crippen LogP contribution is -2.39. The highest BCUT2D eigenvalue weighted by Crippen LogP contribution is 2.19. The maximum Gasteiger partial charge on any atom is 0.407 e. The Balaban J connectivity index is 2.59. The second-order valence-corrected chi connectivity index (χ2v) is 6.02. The number of hydrogen-bond acceptors (Lipinski definition) is 5. The van der Waals surface area contributed by atoms with Gasteiger partial charge in [0.2, 0.25) is 0 Å². The van der Waals surface area contributed by atoms with Crippen molar-refractivity contribution in [3.63, 3.8) is 0 Å².